The van der Waals surface area contributed by atoms with Gasteiger partial charge in [-0.25, -0.2) is 0 Å². The van der Waals surface area contributed by atoms with Gasteiger partial charge in [-0.2, -0.15) is 13.2 Å². The molecule has 1 aliphatic rings. The second kappa shape index (κ2) is 8.29. The number of rotatable bonds is 4. The van der Waals surface area contributed by atoms with Crippen LogP contribution in [0.5, 0.6) is 0 Å². The average molecular weight is 388 g/mol. The van der Waals surface area contributed by atoms with E-state index in [0.717, 1.165) is 25.0 Å². The van der Waals surface area contributed by atoms with Gasteiger partial charge in [0.1, 0.15) is 0 Å². The molecule has 1 aliphatic carbocycles. The molecule has 2 aromatic carbocycles. The van der Waals surface area contributed by atoms with E-state index >= 15 is 0 Å². The fourth-order valence-electron chi connectivity index (χ4n) is 2.99. The number of alkyl halides is 3. The molecular formula is C21H19F3N2O2. The van der Waals surface area contributed by atoms with Gasteiger partial charge in [0, 0.05) is 22.9 Å². The van der Waals surface area contributed by atoms with Crippen LogP contribution in [0.3, 0.4) is 0 Å². The van der Waals surface area contributed by atoms with Crippen molar-refractivity contribution in [2.75, 3.05) is 10.6 Å². The number of anilines is 2. The molecule has 0 fully saturated rings. The van der Waals surface area contributed by atoms with Crippen LogP contribution in [-0.2, 0) is 11.0 Å². The first-order valence-corrected chi connectivity index (χ1v) is 8.87. The van der Waals surface area contributed by atoms with E-state index in [1.54, 1.807) is 12.1 Å². The maximum Gasteiger partial charge on any atom is 0.416 e. The van der Waals surface area contributed by atoms with Crippen LogP contribution < -0.4 is 10.6 Å². The molecular weight excluding hydrogens is 369 g/mol. The summed E-state index contributed by atoms with van der Waals surface area (Å²) in [6, 6.07) is 10.7. The van der Waals surface area contributed by atoms with E-state index in [4.69, 9.17) is 0 Å². The van der Waals surface area contributed by atoms with E-state index in [9.17, 15) is 22.8 Å². The quantitative estimate of drug-likeness (QED) is 0.703. The van der Waals surface area contributed by atoms with Crippen LogP contribution >= 0.6 is 0 Å². The smallest absolute Gasteiger partial charge is 0.326 e. The van der Waals surface area contributed by atoms with Crippen molar-refractivity contribution in [3.05, 3.63) is 71.8 Å². The van der Waals surface area contributed by atoms with Gasteiger partial charge in [0.15, 0.2) is 0 Å². The van der Waals surface area contributed by atoms with Crippen molar-refractivity contribution >= 4 is 23.2 Å². The zero-order valence-electron chi connectivity index (χ0n) is 14.9. The molecule has 2 N–H and O–H groups in total. The lowest BCUT2D eigenvalue weighted by molar-refractivity contribution is -0.137. The summed E-state index contributed by atoms with van der Waals surface area (Å²) in [6.07, 6.45) is 1.85. The summed E-state index contributed by atoms with van der Waals surface area (Å²) < 4.78 is 38.4. The molecule has 0 aliphatic heterocycles. The molecule has 0 saturated carbocycles. The summed E-state index contributed by atoms with van der Waals surface area (Å²) in [4.78, 5) is 24.7. The van der Waals surface area contributed by atoms with E-state index in [1.165, 1.54) is 24.3 Å². The van der Waals surface area contributed by atoms with Crippen LogP contribution in [0.2, 0.25) is 0 Å². The standard InChI is InChI=1S/C21H19F3N2O2/c22-21(23,24)16-9-5-11-18(13-16)26-20(28)15-8-4-10-17(12-15)25-19(27)14-6-2-1-3-7-14/h1-2,4-5,8-14H,3,6-7H2,(H,25,27)(H,26,28)/t14-/m0/s1. The Labute approximate surface area is 160 Å². The van der Waals surface area contributed by atoms with Crippen molar-refractivity contribution in [3.8, 4) is 0 Å². The topological polar surface area (TPSA) is 58.2 Å². The van der Waals surface area contributed by atoms with Crippen molar-refractivity contribution in [1.29, 1.82) is 0 Å². The summed E-state index contributed by atoms with van der Waals surface area (Å²) in [5.74, 6) is -0.775. The van der Waals surface area contributed by atoms with Gasteiger partial charge in [0.25, 0.3) is 5.91 Å². The summed E-state index contributed by atoms with van der Waals surface area (Å²) in [7, 11) is 0. The molecule has 0 spiro atoms. The number of carbonyl (C=O) groups excluding carboxylic acids is 2. The Morgan fingerprint density at radius 1 is 0.929 bits per heavy atom. The van der Waals surface area contributed by atoms with Gasteiger partial charge >= 0.3 is 6.18 Å². The number of benzene rings is 2. The summed E-state index contributed by atoms with van der Waals surface area (Å²) >= 11 is 0. The number of hydrogen-bond donors (Lipinski definition) is 2. The summed E-state index contributed by atoms with van der Waals surface area (Å²) in [6.45, 7) is 0. The van der Waals surface area contributed by atoms with Crippen molar-refractivity contribution in [1.82, 2.24) is 0 Å². The largest absolute Gasteiger partial charge is 0.416 e. The Balaban J connectivity index is 1.69. The van der Waals surface area contributed by atoms with E-state index < -0.39 is 17.6 Å². The Bertz CT molecular complexity index is 907. The zero-order chi connectivity index (χ0) is 20.1. The Hall–Kier alpha value is -3.09. The van der Waals surface area contributed by atoms with Crippen LogP contribution in [-0.4, -0.2) is 11.8 Å². The third-order valence-corrected chi connectivity index (χ3v) is 4.48. The molecule has 0 heterocycles. The SMILES string of the molecule is O=C(Nc1cccc(C(F)(F)F)c1)c1cccc(NC(=O)[C@H]2CC=CCC2)c1. The molecule has 1 atom stereocenters. The predicted molar refractivity (Wildman–Crippen MR) is 101 cm³/mol. The number of halogens is 3. The van der Waals surface area contributed by atoms with Crippen molar-refractivity contribution in [2.24, 2.45) is 5.92 Å². The maximum atomic E-state index is 12.8. The molecule has 0 radical (unpaired) electrons. The summed E-state index contributed by atoms with van der Waals surface area (Å²) in [5, 5.41) is 5.25. The van der Waals surface area contributed by atoms with Gasteiger partial charge in [0.2, 0.25) is 5.91 Å². The van der Waals surface area contributed by atoms with E-state index in [-0.39, 0.29) is 23.1 Å². The zero-order valence-corrected chi connectivity index (χ0v) is 14.9. The van der Waals surface area contributed by atoms with Crippen LogP contribution in [0.15, 0.2) is 60.7 Å². The fourth-order valence-corrected chi connectivity index (χ4v) is 2.99. The van der Waals surface area contributed by atoms with Gasteiger partial charge in [-0.3, -0.25) is 9.59 Å². The Kier molecular flexibility index (Phi) is 5.82. The first-order valence-electron chi connectivity index (χ1n) is 8.87. The molecule has 28 heavy (non-hydrogen) atoms. The van der Waals surface area contributed by atoms with E-state index in [1.807, 2.05) is 12.2 Å². The van der Waals surface area contributed by atoms with Crippen LogP contribution in [0.4, 0.5) is 24.5 Å². The molecule has 146 valence electrons. The van der Waals surface area contributed by atoms with Crippen LogP contribution in [0.1, 0.15) is 35.2 Å². The number of amides is 2. The van der Waals surface area contributed by atoms with Gasteiger partial charge < -0.3 is 10.6 Å². The van der Waals surface area contributed by atoms with Gasteiger partial charge in [-0.05, 0) is 55.7 Å². The van der Waals surface area contributed by atoms with Gasteiger partial charge in [0.05, 0.1) is 5.56 Å². The third-order valence-electron chi connectivity index (χ3n) is 4.48. The minimum atomic E-state index is -4.49. The number of allylic oxidation sites excluding steroid dienone is 2. The number of hydrogen-bond acceptors (Lipinski definition) is 2. The molecule has 4 nitrogen and oxygen atoms in total. The average Bonchev–Trinajstić information content (AvgIpc) is 2.68. The first-order chi connectivity index (χ1) is 13.3. The molecule has 0 aromatic heterocycles. The molecule has 3 rings (SSSR count). The second-order valence-electron chi connectivity index (χ2n) is 6.58. The monoisotopic (exact) mass is 388 g/mol. The highest BCUT2D eigenvalue weighted by atomic mass is 19.4. The highest BCUT2D eigenvalue weighted by Crippen LogP contribution is 2.30. The van der Waals surface area contributed by atoms with Crippen molar-refractivity contribution < 1.29 is 22.8 Å². The van der Waals surface area contributed by atoms with Gasteiger partial charge in [-0.15, -0.1) is 0 Å². The lowest BCUT2D eigenvalue weighted by atomic mass is 9.93. The Morgan fingerprint density at radius 2 is 1.64 bits per heavy atom. The highest BCUT2D eigenvalue weighted by Gasteiger charge is 2.30. The fraction of sp³-hybridized carbons (Fsp3) is 0.238. The Morgan fingerprint density at radius 3 is 2.32 bits per heavy atom. The van der Waals surface area contributed by atoms with Crippen LogP contribution in [0, 0.1) is 5.92 Å². The maximum absolute atomic E-state index is 12.8. The molecule has 0 bridgehead atoms. The molecule has 0 saturated heterocycles. The van der Waals surface area contributed by atoms with Crippen LogP contribution in [0.25, 0.3) is 0 Å². The molecule has 2 amide bonds. The van der Waals surface area contributed by atoms with E-state index in [2.05, 4.69) is 10.6 Å². The second-order valence-corrected chi connectivity index (χ2v) is 6.58. The third kappa shape index (κ3) is 5.00. The number of carbonyl (C=O) groups is 2. The minimum Gasteiger partial charge on any atom is -0.326 e. The molecule has 2 aromatic rings. The van der Waals surface area contributed by atoms with E-state index in [0.29, 0.717) is 12.1 Å². The molecule has 0 unspecified atom stereocenters. The summed E-state index contributed by atoms with van der Waals surface area (Å²) in [5.41, 5.74) is -0.0916. The number of nitrogens with one attached hydrogen (secondary N) is 2. The van der Waals surface area contributed by atoms with Gasteiger partial charge in [-0.1, -0.05) is 24.3 Å². The minimum absolute atomic E-state index is 0.0447. The molecule has 7 heteroatoms. The predicted octanol–water partition coefficient (Wildman–Crippen LogP) is 5.25. The lowest BCUT2D eigenvalue weighted by Crippen LogP contribution is -2.23. The normalized spacial score (nSPS) is 16.5. The van der Waals surface area contributed by atoms with Crippen molar-refractivity contribution in [3.63, 3.8) is 0 Å². The lowest BCUT2D eigenvalue weighted by Gasteiger charge is -2.17. The van der Waals surface area contributed by atoms with Crippen molar-refractivity contribution in [2.45, 2.75) is 25.4 Å². The first kappa shape index (κ1) is 19.7. The highest BCUT2D eigenvalue weighted by molar-refractivity contribution is 6.05.